The quantitative estimate of drug-likeness (QED) is 0.793. The second-order valence-corrected chi connectivity index (χ2v) is 5.72. The van der Waals surface area contributed by atoms with Gasteiger partial charge < -0.3 is 14.8 Å². The van der Waals surface area contributed by atoms with E-state index in [1.165, 1.54) is 7.11 Å². The van der Waals surface area contributed by atoms with Crippen molar-refractivity contribution >= 4 is 22.6 Å². The fraction of sp³-hybridized carbons (Fsp3) is 0.368. The molecule has 0 aliphatic heterocycles. The maximum atomic E-state index is 12.2. The van der Waals surface area contributed by atoms with E-state index in [2.05, 4.69) is 5.32 Å². The molecule has 0 spiro atoms. The van der Waals surface area contributed by atoms with Crippen molar-refractivity contribution in [3.05, 3.63) is 42.5 Å². The summed E-state index contributed by atoms with van der Waals surface area (Å²) in [6, 6.07) is 12.8. The molecule has 0 radical (unpaired) electrons. The molecule has 0 saturated heterocycles. The van der Waals surface area contributed by atoms with Crippen molar-refractivity contribution in [3.63, 3.8) is 0 Å². The van der Waals surface area contributed by atoms with E-state index >= 15 is 0 Å². The number of esters is 1. The third-order valence-electron chi connectivity index (χ3n) is 4.09. The summed E-state index contributed by atoms with van der Waals surface area (Å²) in [6.07, 6.45) is 0.754. The number of benzene rings is 2. The third-order valence-corrected chi connectivity index (χ3v) is 4.09. The van der Waals surface area contributed by atoms with Crippen molar-refractivity contribution in [2.75, 3.05) is 13.7 Å². The normalized spacial score (nSPS) is 13.1. The number of fused-ring (bicyclic) bond motifs is 1. The molecule has 0 aliphatic rings. The number of carbonyl (C=O) groups excluding carboxylic acids is 2. The Morgan fingerprint density at radius 3 is 2.54 bits per heavy atom. The van der Waals surface area contributed by atoms with Gasteiger partial charge in [0, 0.05) is 5.39 Å². The lowest BCUT2D eigenvalue weighted by Gasteiger charge is -2.21. The fourth-order valence-corrected chi connectivity index (χ4v) is 2.48. The molecule has 24 heavy (non-hydrogen) atoms. The Morgan fingerprint density at radius 2 is 1.83 bits per heavy atom. The zero-order valence-electron chi connectivity index (χ0n) is 14.2. The first kappa shape index (κ1) is 17.8. The highest BCUT2D eigenvalue weighted by Crippen LogP contribution is 2.25. The van der Waals surface area contributed by atoms with E-state index in [0.717, 1.165) is 17.2 Å². The van der Waals surface area contributed by atoms with Gasteiger partial charge in [0.05, 0.1) is 7.11 Å². The van der Waals surface area contributed by atoms with Crippen LogP contribution in [0.4, 0.5) is 0 Å². The molecule has 5 heteroatoms. The summed E-state index contributed by atoms with van der Waals surface area (Å²) in [4.78, 5) is 24.0. The molecule has 1 amide bonds. The van der Waals surface area contributed by atoms with Crippen LogP contribution in [0, 0.1) is 5.92 Å². The van der Waals surface area contributed by atoms with Gasteiger partial charge in [-0.3, -0.25) is 4.79 Å². The van der Waals surface area contributed by atoms with Crippen molar-refractivity contribution < 1.29 is 19.1 Å². The largest absolute Gasteiger partial charge is 0.483 e. The lowest BCUT2D eigenvalue weighted by atomic mass is 9.99. The maximum Gasteiger partial charge on any atom is 0.328 e. The monoisotopic (exact) mass is 329 g/mol. The predicted molar refractivity (Wildman–Crippen MR) is 92.8 cm³/mol. The van der Waals surface area contributed by atoms with Gasteiger partial charge in [-0.2, -0.15) is 0 Å². The van der Waals surface area contributed by atoms with Crippen molar-refractivity contribution in [3.8, 4) is 5.75 Å². The van der Waals surface area contributed by atoms with Crippen LogP contribution < -0.4 is 10.1 Å². The Morgan fingerprint density at radius 1 is 1.12 bits per heavy atom. The van der Waals surface area contributed by atoms with Crippen LogP contribution in [-0.2, 0) is 14.3 Å². The van der Waals surface area contributed by atoms with E-state index in [1.807, 2.05) is 56.3 Å². The second-order valence-electron chi connectivity index (χ2n) is 5.72. The molecule has 2 atom stereocenters. The molecule has 0 bridgehead atoms. The highest BCUT2D eigenvalue weighted by atomic mass is 16.5. The maximum absolute atomic E-state index is 12.2. The molecule has 5 nitrogen and oxygen atoms in total. The molecule has 2 aromatic carbocycles. The molecule has 0 heterocycles. The van der Waals surface area contributed by atoms with E-state index in [-0.39, 0.29) is 18.4 Å². The Balaban J connectivity index is 2.02. The molecule has 2 aromatic rings. The zero-order chi connectivity index (χ0) is 17.5. The number of rotatable bonds is 7. The van der Waals surface area contributed by atoms with Gasteiger partial charge in [0.1, 0.15) is 11.8 Å². The Hall–Kier alpha value is -2.56. The average molecular weight is 329 g/mol. The highest BCUT2D eigenvalue weighted by Gasteiger charge is 2.26. The Kier molecular flexibility index (Phi) is 6.18. The number of carbonyl (C=O) groups is 2. The molecule has 1 N–H and O–H groups in total. The summed E-state index contributed by atoms with van der Waals surface area (Å²) >= 11 is 0. The van der Waals surface area contributed by atoms with Gasteiger partial charge in [0.25, 0.3) is 5.91 Å². The van der Waals surface area contributed by atoms with Crippen LogP contribution in [0.15, 0.2) is 42.5 Å². The minimum atomic E-state index is -0.663. The van der Waals surface area contributed by atoms with E-state index in [1.54, 1.807) is 0 Å². The van der Waals surface area contributed by atoms with Gasteiger partial charge in [0.2, 0.25) is 0 Å². The van der Waals surface area contributed by atoms with Crippen LogP contribution in [0.5, 0.6) is 5.75 Å². The van der Waals surface area contributed by atoms with Crippen LogP contribution in [0.2, 0.25) is 0 Å². The average Bonchev–Trinajstić information content (AvgIpc) is 2.63. The van der Waals surface area contributed by atoms with Crippen molar-refractivity contribution in [2.45, 2.75) is 26.3 Å². The molecule has 0 saturated carbocycles. The fourth-order valence-electron chi connectivity index (χ4n) is 2.48. The zero-order valence-corrected chi connectivity index (χ0v) is 14.2. The molecule has 0 aromatic heterocycles. The number of amides is 1. The van der Waals surface area contributed by atoms with Crippen molar-refractivity contribution in [1.29, 1.82) is 0 Å². The standard InChI is InChI=1S/C19H23NO4/c1-4-13(2)18(19(22)23-3)20-17(21)12-24-16-11-7-9-14-8-5-6-10-15(14)16/h5-11,13,18H,4,12H2,1-3H3,(H,20,21). The molecule has 0 fully saturated rings. The lowest BCUT2D eigenvalue weighted by molar-refractivity contribution is -0.146. The summed E-state index contributed by atoms with van der Waals surface area (Å²) in [6.45, 7) is 3.70. The second kappa shape index (κ2) is 8.34. The summed E-state index contributed by atoms with van der Waals surface area (Å²) in [5, 5.41) is 4.69. The summed E-state index contributed by atoms with van der Waals surface area (Å²) < 4.78 is 10.4. The number of hydrogen-bond acceptors (Lipinski definition) is 4. The van der Waals surface area contributed by atoms with Crippen LogP contribution in [0.25, 0.3) is 10.8 Å². The van der Waals surface area contributed by atoms with E-state index in [0.29, 0.717) is 5.75 Å². The first-order chi connectivity index (χ1) is 11.6. The molecule has 2 rings (SSSR count). The van der Waals surface area contributed by atoms with Crippen LogP contribution >= 0.6 is 0 Å². The van der Waals surface area contributed by atoms with Gasteiger partial charge in [-0.25, -0.2) is 4.79 Å². The van der Waals surface area contributed by atoms with Gasteiger partial charge in [-0.1, -0.05) is 56.7 Å². The summed E-state index contributed by atoms with van der Waals surface area (Å²) in [7, 11) is 1.32. The third kappa shape index (κ3) is 4.25. The predicted octanol–water partition coefficient (Wildman–Crippen LogP) is 2.92. The number of nitrogens with one attached hydrogen (secondary N) is 1. The van der Waals surface area contributed by atoms with Crippen molar-refractivity contribution in [1.82, 2.24) is 5.32 Å². The first-order valence-corrected chi connectivity index (χ1v) is 8.04. The number of methoxy groups -OCH3 is 1. The topological polar surface area (TPSA) is 64.6 Å². The molecule has 128 valence electrons. The van der Waals surface area contributed by atoms with Crippen molar-refractivity contribution in [2.24, 2.45) is 5.92 Å². The van der Waals surface area contributed by atoms with Gasteiger partial charge in [0.15, 0.2) is 6.61 Å². The van der Waals surface area contributed by atoms with E-state index < -0.39 is 12.0 Å². The summed E-state index contributed by atoms with van der Waals surface area (Å²) in [5.74, 6) is -0.165. The van der Waals surface area contributed by atoms with E-state index in [9.17, 15) is 9.59 Å². The molecular formula is C19H23NO4. The molecule has 0 aliphatic carbocycles. The Bertz CT molecular complexity index is 708. The lowest BCUT2D eigenvalue weighted by Crippen LogP contribution is -2.47. The van der Waals surface area contributed by atoms with Crippen LogP contribution in [0.3, 0.4) is 0 Å². The minimum Gasteiger partial charge on any atom is -0.483 e. The first-order valence-electron chi connectivity index (χ1n) is 8.04. The smallest absolute Gasteiger partial charge is 0.328 e. The number of hydrogen-bond donors (Lipinski definition) is 1. The van der Waals surface area contributed by atoms with Crippen LogP contribution in [0.1, 0.15) is 20.3 Å². The van der Waals surface area contributed by atoms with E-state index in [4.69, 9.17) is 9.47 Å². The summed E-state index contributed by atoms with van der Waals surface area (Å²) in [5.41, 5.74) is 0. The highest BCUT2D eigenvalue weighted by molar-refractivity contribution is 5.89. The van der Waals surface area contributed by atoms with Gasteiger partial charge in [-0.15, -0.1) is 0 Å². The minimum absolute atomic E-state index is 0.0149. The van der Waals surface area contributed by atoms with Gasteiger partial charge >= 0.3 is 5.97 Å². The number of ether oxygens (including phenoxy) is 2. The molecule has 2 unspecified atom stereocenters. The van der Waals surface area contributed by atoms with Crippen LogP contribution in [-0.4, -0.2) is 31.6 Å². The SMILES string of the molecule is CCC(C)C(NC(=O)COc1cccc2ccccc12)C(=O)OC. The van der Waals surface area contributed by atoms with Gasteiger partial charge in [-0.05, 0) is 17.4 Å². The molecular weight excluding hydrogens is 306 g/mol. The Labute approximate surface area is 141 Å².